The van der Waals surface area contributed by atoms with Crippen molar-refractivity contribution in [2.24, 2.45) is 5.73 Å². The smallest absolute Gasteiger partial charge is 0.123 e. The fourth-order valence-electron chi connectivity index (χ4n) is 0.845. The van der Waals surface area contributed by atoms with Gasteiger partial charge in [-0.3, -0.25) is 0 Å². The van der Waals surface area contributed by atoms with Crippen LogP contribution >= 0.6 is 0 Å². The fraction of sp³-hybridized carbons (Fsp3) is 0.375. The van der Waals surface area contributed by atoms with E-state index in [-0.39, 0.29) is 0 Å². The largest absolute Gasteiger partial charge is 0.384 e. The second-order valence-corrected chi connectivity index (χ2v) is 2.54. The van der Waals surface area contributed by atoms with Gasteiger partial charge in [0, 0.05) is 6.54 Å². The van der Waals surface area contributed by atoms with E-state index in [1.165, 1.54) is 0 Å². The highest BCUT2D eigenvalue weighted by molar-refractivity contribution is 5.45. The first-order valence-corrected chi connectivity index (χ1v) is 3.98. The summed E-state index contributed by atoms with van der Waals surface area (Å²) in [5, 5.41) is 3.17. The van der Waals surface area contributed by atoms with Crippen molar-refractivity contribution in [3.05, 3.63) is 18.3 Å². The van der Waals surface area contributed by atoms with Crippen molar-refractivity contribution in [3.8, 4) is 0 Å². The molecule has 0 saturated heterocycles. The molecule has 0 aliphatic rings. The number of nitrogens with zero attached hydrogens (tertiary/aromatic N) is 1. The van der Waals surface area contributed by atoms with E-state index in [2.05, 4.69) is 10.3 Å². The van der Waals surface area contributed by atoms with Gasteiger partial charge in [-0.05, 0) is 25.1 Å². The lowest BCUT2D eigenvalue weighted by molar-refractivity contribution is 0.874. The van der Waals surface area contributed by atoms with Gasteiger partial charge < -0.3 is 16.8 Å². The van der Waals surface area contributed by atoms with E-state index >= 15 is 0 Å². The Balaban J connectivity index is 2.37. The maximum absolute atomic E-state index is 5.42. The molecule has 1 aromatic rings. The molecule has 0 aromatic carbocycles. The molecule has 12 heavy (non-hydrogen) atoms. The molecule has 0 radical (unpaired) electrons. The first-order valence-electron chi connectivity index (χ1n) is 3.98. The van der Waals surface area contributed by atoms with Crippen LogP contribution < -0.4 is 16.8 Å². The number of rotatable bonds is 4. The van der Waals surface area contributed by atoms with Crippen LogP contribution in [-0.2, 0) is 0 Å². The Labute approximate surface area is 72.0 Å². The molecule has 66 valence electrons. The van der Waals surface area contributed by atoms with Crippen molar-refractivity contribution in [2.75, 3.05) is 24.1 Å². The summed E-state index contributed by atoms with van der Waals surface area (Å²) in [4.78, 5) is 3.94. The quantitative estimate of drug-likeness (QED) is 0.567. The second kappa shape index (κ2) is 4.56. The number of nitrogens with one attached hydrogen (secondary N) is 1. The van der Waals surface area contributed by atoms with Crippen molar-refractivity contribution >= 4 is 11.5 Å². The Hall–Kier alpha value is -1.29. The summed E-state index contributed by atoms with van der Waals surface area (Å²) in [6.07, 6.45) is 2.68. The molecule has 0 spiro atoms. The Morgan fingerprint density at radius 2 is 2.25 bits per heavy atom. The molecular weight excluding hydrogens is 152 g/mol. The molecule has 1 heterocycles. The molecule has 0 aliphatic heterocycles. The fourth-order valence-corrected chi connectivity index (χ4v) is 0.845. The highest BCUT2D eigenvalue weighted by Gasteiger charge is 1.90. The molecule has 1 rings (SSSR count). The van der Waals surface area contributed by atoms with Crippen LogP contribution in [0.25, 0.3) is 0 Å². The van der Waals surface area contributed by atoms with Gasteiger partial charge in [0.25, 0.3) is 0 Å². The minimum absolute atomic E-state index is 0.541. The third-order valence-electron chi connectivity index (χ3n) is 1.50. The van der Waals surface area contributed by atoms with Crippen molar-refractivity contribution < 1.29 is 0 Å². The number of anilines is 2. The Morgan fingerprint density at radius 1 is 1.42 bits per heavy atom. The van der Waals surface area contributed by atoms with E-state index in [1.807, 2.05) is 6.07 Å². The van der Waals surface area contributed by atoms with Crippen molar-refractivity contribution in [1.29, 1.82) is 0 Å². The maximum Gasteiger partial charge on any atom is 0.123 e. The summed E-state index contributed by atoms with van der Waals surface area (Å²) in [5.41, 5.74) is 11.7. The SMILES string of the molecule is NCCCNc1ccc(N)nc1. The van der Waals surface area contributed by atoms with Crippen LogP contribution in [-0.4, -0.2) is 18.1 Å². The van der Waals surface area contributed by atoms with Gasteiger partial charge >= 0.3 is 0 Å². The van der Waals surface area contributed by atoms with Gasteiger partial charge in [0.1, 0.15) is 5.82 Å². The predicted molar refractivity (Wildman–Crippen MR) is 50.8 cm³/mol. The molecule has 0 unspecified atom stereocenters. The summed E-state index contributed by atoms with van der Waals surface area (Å²) in [6, 6.07) is 3.67. The van der Waals surface area contributed by atoms with Gasteiger partial charge in [0.05, 0.1) is 11.9 Å². The molecule has 0 saturated carbocycles. The molecule has 0 atom stereocenters. The maximum atomic E-state index is 5.42. The zero-order valence-corrected chi connectivity index (χ0v) is 6.96. The summed E-state index contributed by atoms with van der Waals surface area (Å²) in [6.45, 7) is 1.58. The van der Waals surface area contributed by atoms with Crippen LogP contribution in [0.1, 0.15) is 6.42 Å². The normalized spacial score (nSPS) is 9.75. The lowest BCUT2D eigenvalue weighted by Gasteiger charge is -2.03. The highest BCUT2D eigenvalue weighted by atomic mass is 14.9. The van der Waals surface area contributed by atoms with Gasteiger partial charge in [-0.2, -0.15) is 0 Å². The lowest BCUT2D eigenvalue weighted by atomic mass is 10.3. The average molecular weight is 166 g/mol. The zero-order chi connectivity index (χ0) is 8.81. The predicted octanol–water partition coefficient (Wildman–Crippen LogP) is 0.424. The molecule has 5 N–H and O–H groups in total. The summed E-state index contributed by atoms with van der Waals surface area (Å²) in [7, 11) is 0. The summed E-state index contributed by atoms with van der Waals surface area (Å²) < 4.78 is 0. The topological polar surface area (TPSA) is 77.0 Å². The summed E-state index contributed by atoms with van der Waals surface area (Å²) in [5.74, 6) is 0.541. The molecular formula is C8H14N4. The van der Waals surface area contributed by atoms with Crippen molar-refractivity contribution in [3.63, 3.8) is 0 Å². The average Bonchev–Trinajstić information content (AvgIpc) is 2.09. The minimum atomic E-state index is 0.541. The molecule has 0 fully saturated rings. The first-order chi connectivity index (χ1) is 5.83. The lowest BCUT2D eigenvalue weighted by Crippen LogP contribution is -2.08. The van der Waals surface area contributed by atoms with Crippen molar-refractivity contribution in [1.82, 2.24) is 4.98 Å². The van der Waals surface area contributed by atoms with Gasteiger partial charge in [-0.25, -0.2) is 4.98 Å². The standard InChI is InChI=1S/C8H14N4/c9-4-1-5-11-7-2-3-8(10)12-6-7/h2-3,6,11H,1,4-5,9H2,(H2,10,12). The third-order valence-corrected chi connectivity index (χ3v) is 1.50. The van der Waals surface area contributed by atoms with Crippen LogP contribution in [0.15, 0.2) is 18.3 Å². The van der Waals surface area contributed by atoms with Crippen LogP contribution in [0.3, 0.4) is 0 Å². The number of aromatic nitrogens is 1. The van der Waals surface area contributed by atoms with E-state index in [4.69, 9.17) is 11.5 Å². The second-order valence-electron chi connectivity index (χ2n) is 2.54. The van der Waals surface area contributed by atoms with E-state index in [0.29, 0.717) is 12.4 Å². The zero-order valence-electron chi connectivity index (χ0n) is 6.96. The van der Waals surface area contributed by atoms with E-state index in [0.717, 1.165) is 18.7 Å². The Kier molecular flexibility index (Phi) is 3.35. The van der Waals surface area contributed by atoms with Gasteiger partial charge in [0.2, 0.25) is 0 Å². The first kappa shape index (κ1) is 8.80. The molecule has 0 bridgehead atoms. The molecule has 0 aliphatic carbocycles. The number of nitrogens with two attached hydrogens (primary N) is 2. The number of hydrogen-bond acceptors (Lipinski definition) is 4. The molecule has 1 aromatic heterocycles. The van der Waals surface area contributed by atoms with Crippen LogP contribution in [0.2, 0.25) is 0 Å². The molecule has 0 amide bonds. The number of nitrogen functional groups attached to an aromatic ring is 1. The van der Waals surface area contributed by atoms with Gasteiger partial charge in [0.15, 0.2) is 0 Å². The van der Waals surface area contributed by atoms with Gasteiger partial charge in [-0.15, -0.1) is 0 Å². The molecule has 4 nitrogen and oxygen atoms in total. The van der Waals surface area contributed by atoms with Gasteiger partial charge in [-0.1, -0.05) is 0 Å². The Morgan fingerprint density at radius 3 is 2.83 bits per heavy atom. The number of pyridine rings is 1. The molecule has 4 heteroatoms. The highest BCUT2D eigenvalue weighted by Crippen LogP contribution is 2.06. The van der Waals surface area contributed by atoms with Crippen LogP contribution in [0.4, 0.5) is 11.5 Å². The third kappa shape index (κ3) is 2.75. The van der Waals surface area contributed by atoms with E-state index in [1.54, 1.807) is 12.3 Å². The van der Waals surface area contributed by atoms with E-state index in [9.17, 15) is 0 Å². The van der Waals surface area contributed by atoms with E-state index < -0.39 is 0 Å². The van der Waals surface area contributed by atoms with Crippen LogP contribution in [0.5, 0.6) is 0 Å². The van der Waals surface area contributed by atoms with Crippen molar-refractivity contribution in [2.45, 2.75) is 6.42 Å². The minimum Gasteiger partial charge on any atom is -0.384 e. The summed E-state index contributed by atoms with van der Waals surface area (Å²) >= 11 is 0. The Bertz CT molecular complexity index is 219. The monoisotopic (exact) mass is 166 g/mol. The number of hydrogen-bond donors (Lipinski definition) is 3. The van der Waals surface area contributed by atoms with Crippen LogP contribution in [0, 0.1) is 0 Å².